The number of benzene rings is 2. The largest absolute Gasteiger partial charge is 0.438 e. The first-order valence-electron chi connectivity index (χ1n) is 11.6. The number of pyridine rings is 1. The van der Waals surface area contributed by atoms with Crippen LogP contribution in [0.2, 0.25) is 0 Å². The summed E-state index contributed by atoms with van der Waals surface area (Å²) in [5.74, 6) is 0. The van der Waals surface area contributed by atoms with Gasteiger partial charge in [-0.3, -0.25) is 4.79 Å². The third-order valence-electron chi connectivity index (χ3n) is 6.59. The second-order valence-electron chi connectivity index (χ2n) is 9.82. The van der Waals surface area contributed by atoms with E-state index in [1.54, 1.807) is 38.1 Å². The van der Waals surface area contributed by atoms with Crippen LogP contribution in [0.3, 0.4) is 0 Å². The maximum Gasteiger partial charge on any atom is 0.411 e. The van der Waals surface area contributed by atoms with Gasteiger partial charge in [0.1, 0.15) is 5.60 Å². The number of aliphatic hydroxyl groups is 1. The minimum Gasteiger partial charge on any atom is -0.438 e. The summed E-state index contributed by atoms with van der Waals surface area (Å²) in [5, 5.41) is 10.6. The lowest BCUT2D eigenvalue weighted by molar-refractivity contribution is -0.101. The topological polar surface area (TPSA) is 71.8 Å². The van der Waals surface area contributed by atoms with Gasteiger partial charge in [0.2, 0.25) is 0 Å². The van der Waals surface area contributed by atoms with Crippen molar-refractivity contribution in [1.29, 1.82) is 0 Å². The van der Waals surface area contributed by atoms with Gasteiger partial charge in [0, 0.05) is 38.7 Å². The van der Waals surface area contributed by atoms with E-state index in [0.29, 0.717) is 19.4 Å². The first-order valence-corrected chi connectivity index (χ1v) is 11.6. The van der Waals surface area contributed by atoms with Crippen molar-refractivity contribution in [3.63, 3.8) is 0 Å². The van der Waals surface area contributed by atoms with Crippen LogP contribution in [-0.4, -0.2) is 32.8 Å². The van der Waals surface area contributed by atoms with Crippen molar-refractivity contribution in [2.24, 2.45) is 7.05 Å². The molecule has 178 valence electrons. The number of carbonyl (C=O) groups excluding carboxylic acids is 1. The summed E-state index contributed by atoms with van der Waals surface area (Å²) in [4.78, 5) is 26.9. The van der Waals surface area contributed by atoms with Gasteiger partial charge in [0.05, 0.1) is 11.6 Å². The molecule has 4 rings (SSSR count). The van der Waals surface area contributed by atoms with E-state index >= 15 is 0 Å². The Hall–Kier alpha value is -3.38. The van der Waals surface area contributed by atoms with Gasteiger partial charge in [-0.15, -0.1) is 0 Å². The van der Waals surface area contributed by atoms with Gasteiger partial charge >= 0.3 is 6.09 Å². The Morgan fingerprint density at radius 1 is 1.03 bits per heavy atom. The van der Waals surface area contributed by atoms with Gasteiger partial charge in [-0.25, -0.2) is 4.79 Å². The van der Waals surface area contributed by atoms with Gasteiger partial charge < -0.3 is 19.3 Å². The quantitative estimate of drug-likeness (QED) is 0.561. The smallest absolute Gasteiger partial charge is 0.411 e. The van der Waals surface area contributed by atoms with E-state index in [1.165, 1.54) is 4.57 Å². The number of nitrogens with zero attached hydrogens (tertiary/aromatic N) is 2. The van der Waals surface area contributed by atoms with Gasteiger partial charge in [-0.05, 0) is 49.1 Å². The molecule has 1 saturated heterocycles. The lowest BCUT2D eigenvalue weighted by Crippen LogP contribution is -2.51. The van der Waals surface area contributed by atoms with Crippen molar-refractivity contribution in [1.82, 2.24) is 9.47 Å². The number of hydrogen-bond acceptors (Lipinski definition) is 4. The molecule has 1 N–H and O–H groups in total. The van der Waals surface area contributed by atoms with E-state index in [9.17, 15) is 14.7 Å². The fourth-order valence-electron chi connectivity index (χ4n) is 4.75. The molecule has 6 heteroatoms. The minimum atomic E-state index is -0.988. The average molecular weight is 461 g/mol. The number of hydrogen-bond donors (Lipinski definition) is 1. The third kappa shape index (κ3) is 4.92. The summed E-state index contributed by atoms with van der Waals surface area (Å²) >= 11 is 0. The van der Waals surface area contributed by atoms with Crippen molar-refractivity contribution < 1.29 is 14.6 Å². The Kier molecular flexibility index (Phi) is 6.36. The number of aryl methyl sites for hydroxylation is 1. The van der Waals surface area contributed by atoms with E-state index in [4.69, 9.17) is 4.74 Å². The maximum absolute atomic E-state index is 13.2. The highest BCUT2D eigenvalue weighted by molar-refractivity contribution is 5.70. The molecule has 1 fully saturated rings. The molecule has 0 spiro atoms. The molecule has 2 atom stereocenters. The summed E-state index contributed by atoms with van der Waals surface area (Å²) in [5.41, 5.74) is 1.78. The van der Waals surface area contributed by atoms with Crippen LogP contribution in [-0.2, 0) is 17.4 Å². The van der Waals surface area contributed by atoms with E-state index in [2.05, 4.69) is 0 Å². The third-order valence-corrected chi connectivity index (χ3v) is 6.59. The van der Waals surface area contributed by atoms with E-state index in [0.717, 1.165) is 22.3 Å². The average Bonchev–Trinajstić information content (AvgIpc) is 2.80. The monoisotopic (exact) mass is 460 g/mol. The lowest BCUT2D eigenvalue weighted by atomic mass is 9.80. The van der Waals surface area contributed by atoms with Crippen LogP contribution in [0.5, 0.6) is 0 Å². The van der Waals surface area contributed by atoms with Gasteiger partial charge in [-0.1, -0.05) is 54.6 Å². The van der Waals surface area contributed by atoms with E-state index < -0.39 is 11.2 Å². The molecule has 1 aromatic heterocycles. The fraction of sp³-hybridized carbons (Fsp3) is 0.357. The van der Waals surface area contributed by atoms with Gasteiger partial charge in [0.25, 0.3) is 5.56 Å². The van der Waals surface area contributed by atoms with Crippen LogP contribution in [0.1, 0.15) is 50.8 Å². The zero-order chi connectivity index (χ0) is 24.5. The van der Waals surface area contributed by atoms with Crippen molar-refractivity contribution >= 4 is 6.09 Å². The molecular formula is C28H32N2O4. The highest BCUT2D eigenvalue weighted by Gasteiger charge is 2.46. The fourth-order valence-corrected chi connectivity index (χ4v) is 4.75. The summed E-state index contributed by atoms with van der Waals surface area (Å²) < 4.78 is 7.64. The first-order chi connectivity index (χ1) is 16.1. The van der Waals surface area contributed by atoms with Crippen molar-refractivity contribution in [2.45, 2.75) is 50.9 Å². The zero-order valence-corrected chi connectivity index (χ0v) is 20.2. The van der Waals surface area contributed by atoms with E-state index in [-0.39, 0.29) is 17.7 Å². The number of ether oxygens (including phenoxy) is 1. The molecule has 1 aliphatic rings. The zero-order valence-electron chi connectivity index (χ0n) is 20.2. The second kappa shape index (κ2) is 9.11. The highest BCUT2D eigenvalue weighted by Crippen LogP contribution is 2.42. The molecule has 0 saturated carbocycles. The molecule has 0 radical (unpaired) electrons. The molecule has 34 heavy (non-hydrogen) atoms. The Morgan fingerprint density at radius 3 is 2.29 bits per heavy atom. The van der Waals surface area contributed by atoms with Crippen LogP contribution >= 0.6 is 0 Å². The molecule has 3 aromatic rings. The molecule has 2 heterocycles. The molecule has 2 aromatic carbocycles. The predicted octanol–water partition coefficient (Wildman–Crippen LogP) is 5.01. The van der Waals surface area contributed by atoms with Crippen LogP contribution in [0.15, 0.2) is 77.7 Å². The van der Waals surface area contributed by atoms with Crippen molar-refractivity contribution in [2.75, 3.05) is 6.54 Å². The molecular weight excluding hydrogens is 428 g/mol. The number of aromatic nitrogens is 1. The van der Waals surface area contributed by atoms with Gasteiger partial charge in [0.15, 0.2) is 0 Å². The van der Waals surface area contributed by atoms with Crippen LogP contribution in [0, 0.1) is 0 Å². The summed E-state index contributed by atoms with van der Waals surface area (Å²) in [6, 6.07) is 20.9. The number of amides is 1. The first kappa shape index (κ1) is 23.8. The van der Waals surface area contributed by atoms with Crippen LogP contribution in [0.25, 0.3) is 11.1 Å². The normalized spacial score (nSPS) is 19.6. The van der Waals surface area contributed by atoms with Crippen molar-refractivity contribution in [3.8, 4) is 11.1 Å². The molecule has 6 nitrogen and oxygen atoms in total. The van der Waals surface area contributed by atoms with E-state index in [1.807, 2.05) is 67.6 Å². The van der Waals surface area contributed by atoms with Crippen LogP contribution in [0.4, 0.5) is 4.79 Å². The molecule has 0 aliphatic carbocycles. The summed E-state index contributed by atoms with van der Waals surface area (Å²) in [6.07, 6.45) is 2.28. The Labute approximate surface area is 200 Å². The molecule has 0 bridgehead atoms. The predicted molar refractivity (Wildman–Crippen MR) is 132 cm³/mol. The Bertz CT molecular complexity index is 1210. The summed E-state index contributed by atoms with van der Waals surface area (Å²) in [6.45, 7) is 5.98. The lowest BCUT2D eigenvalue weighted by Gasteiger charge is -2.45. The summed E-state index contributed by atoms with van der Waals surface area (Å²) in [7, 11) is 1.72. The number of rotatable bonds is 6. The number of carbonyl (C=O) groups is 1. The number of cyclic esters (lactones) is 1. The second-order valence-corrected chi connectivity index (χ2v) is 9.82. The molecule has 1 aliphatic heterocycles. The van der Waals surface area contributed by atoms with Crippen molar-refractivity contribution in [3.05, 3.63) is 94.4 Å². The Morgan fingerprint density at radius 2 is 1.71 bits per heavy atom. The molecule has 1 amide bonds. The molecule has 1 unspecified atom stereocenters. The van der Waals surface area contributed by atoms with Crippen LogP contribution < -0.4 is 5.56 Å². The van der Waals surface area contributed by atoms with Gasteiger partial charge in [-0.2, -0.15) is 0 Å². The maximum atomic E-state index is 13.2. The SMILES string of the molecule is CC(c1ccc(-c2ccn(C)c(=O)c2)cc1)N1CC[C@@](CC(C)(C)O)(c2ccccc2)OC1=O. The standard InChI is InChI=1S/C28H32N2O4/c1-20(21-10-12-22(13-11-21)23-14-16-29(4)25(31)18-23)30-17-15-28(34-26(30)32,19-27(2,3)33)24-8-6-5-7-9-24/h5-14,16,18,20,33H,15,17,19H2,1-4H3/t20?,28-/m1/s1. The minimum absolute atomic E-state index is 0.0565. The Balaban J connectivity index is 1.54. The highest BCUT2D eigenvalue weighted by atomic mass is 16.6.